The van der Waals surface area contributed by atoms with Crippen molar-refractivity contribution in [1.29, 1.82) is 0 Å². The first-order valence-corrected chi connectivity index (χ1v) is 6.80. The summed E-state index contributed by atoms with van der Waals surface area (Å²) in [6, 6.07) is 6.48. The van der Waals surface area contributed by atoms with Crippen molar-refractivity contribution in [2.75, 3.05) is 13.6 Å². The molecule has 1 rings (SSSR count). The van der Waals surface area contributed by atoms with E-state index in [1.54, 1.807) is 19.2 Å². The van der Waals surface area contributed by atoms with Gasteiger partial charge in [0.05, 0.1) is 0 Å². The zero-order valence-corrected chi connectivity index (χ0v) is 12.0. The molecule has 1 aromatic carbocycles. The lowest BCUT2D eigenvalue weighted by Gasteiger charge is -2.12. The Balaban J connectivity index is 2.27. The number of hydrogen-bond donors (Lipinski definition) is 2. The molecule has 0 bridgehead atoms. The highest BCUT2D eigenvalue weighted by atomic mass is 19.1. The molecule has 1 aromatic rings. The van der Waals surface area contributed by atoms with Crippen molar-refractivity contribution >= 4 is 5.96 Å². The van der Waals surface area contributed by atoms with Crippen LogP contribution in [0.15, 0.2) is 29.3 Å². The van der Waals surface area contributed by atoms with Gasteiger partial charge >= 0.3 is 0 Å². The average molecular weight is 265 g/mol. The van der Waals surface area contributed by atoms with E-state index in [1.807, 2.05) is 0 Å². The van der Waals surface area contributed by atoms with E-state index in [4.69, 9.17) is 0 Å². The molecule has 4 heteroatoms. The number of guanidine groups is 1. The van der Waals surface area contributed by atoms with Gasteiger partial charge in [-0.3, -0.25) is 4.99 Å². The molecule has 0 radical (unpaired) electrons. The van der Waals surface area contributed by atoms with E-state index in [1.165, 1.54) is 18.6 Å². The van der Waals surface area contributed by atoms with Crippen LogP contribution in [0.2, 0.25) is 0 Å². The van der Waals surface area contributed by atoms with Gasteiger partial charge in [-0.1, -0.05) is 26.0 Å². The molecule has 0 amide bonds. The first-order chi connectivity index (χ1) is 9.11. The van der Waals surface area contributed by atoms with Crippen LogP contribution in [0, 0.1) is 11.7 Å². The maximum Gasteiger partial charge on any atom is 0.191 e. The molecule has 0 saturated carbocycles. The summed E-state index contributed by atoms with van der Waals surface area (Å²) in [7, 11) is 1.75. The van der Waals surface area contributed by atoms with Crippen LogP contribution in [0.1, 0.15) is 32.3 Å². The van der Waals surface area contributed by atoms with Crippen LogP contribution < -0.4 is 10.6 Å². The van der Waals surface area contributed by atoms with Crippen molar-refractivity contribution in [2.45, 2.75) is 33.2 Å². The number of rotatable bonds is 6. The molecule has 2 N–H and O–H groups in total. The van der Waals surface area contributed by atoms with Gasteiger partial charge < -0.3 is 10.6 Å². The van der Waals surface area contributed by atoms with E-state index < -0.39 is 0 Å². The molecule has 0 atom stereocenters. The monoisotopic (exact) mass is 265 g/mol. The molecule has 0 aliphatic carbocycles. The Morgan fingerprint density at radius 3 is 2.47 bits per heavy atom. The highest BCUT2D eigenvalue weighted by Gasteiger charge is 1.99. The maximum atomic E-state index is 12.8. The van der Waals surface area contributed by atoms with E-state index in [0.717, 1.165) is 30.4 Å². The summed E-state index contributed by atoms with van der Waals surface area (Å²) in [6.07, 6.45) is 2.34. The molecule has 0 spiro atoms. The fourth-order valence-corrected chi connectivity index (χ4v) is 1.73. The third kappa shape index (κ3) is 6.79. The van der Waals surface area contributed by atoms with E-state index in [2.05, 4.69) is 29.5 Å². The van der Waals surface area contributed by atoms with Crippen molar-refractivity contribution in [1.82, 2.24) is 10.6 Å². The number of benzene rings is 1. The zero-order valence-electron chi connectivity index (χ0n) is 12.0. The lowest BCUT2D eigenvalue weighted by atomic mass is 10.1. The molecule has 19 heavy (non-hydrogen) atoms. The van der Waals surface area contributed by atoms with E-state index in [9.17, 15) is 4.39 Å². The van der Waals surface area contributed by atoms with Crippen LogP contribution in [0.25, 0.3) is 0 Å². The van der Waals surface area contributed by atoms with Crippen molar-refractivity contribution < 1.29 is 4.39 Å². The van der Waals surface area contributed by atoms with Crippen LogP contribution in [0.3, 0.4) is 0 Å². The van der Waals surface area contributed by atoms with Gasteiger partial charge in [-0.05, 0) is 36.5 Å². The minimum atomic E-state index is -0.208. The predicted octanol–water partition coefficient (Wildman–Crippen LogP) is 2.93. The van der Waals surface area contributed by atoms with Gasteiger partial charge in [0.2, 0.25) is 0 Å². The summed E-state index contributed by atoms with van der Waals surface area (Å²) in [5, 5.41) is 6.48. The molecule has 0 aromatic heterocycles. The molecular formula is C15H24FN3. The molecule has 0 heterocycles. The molecule has 0 aliphatic heterocycles. The Bertz CT molecular complexity index is 385. The number of aliphatic imine (C=N–C) groups is 1. The topological polar surface area (TPSA) is 36.4 Å². The van der Waals surface area contributed by atoms with E-state index in [-0.39, 0.29) is 5.82 Å². The second kappa shape index (κ2) is 8.51. The normalized spacial score (nSPS) is 11.7. The number of hydrogen-bond acceptors (Lipinski definition) is 1. The Labute approximate surface area is 115 Å². The van der Waals surface area contributed by atoms with Crippen LogP contribution in [-0.2, 0) is 6.54 Å². The Morgan fingerprint density at radius 1 is 1.21 bits per heavy atom. The first-order valence-electron chi connectivity index (χ1n) is 6.80. The van der Waals surface area contributed by atoms with Gasteiger partial charge in [0.25, 0.3) is 0 Å². The van der Waals surface area contributed by atoms with Crippen LogP contribution in [0.5, 0.6) is 0 Å². The third-order valence-electron chi connectivity index (χ3n) is 2.85. The number of nitrogens with zero attached hydrogens (tertiary/aromatic N) is 1. The maximum absolute atomic E-state index is 12.8. The van der Waals surface area contributed by atoms with Crippen LogP contribution in [-0.4, -0.2) is 19.6 Å². The quantitative estimate of drug-likeness (QED) is 0.471. The predicted molar refractivity (Wildman–Crippen MR) is 78.7 cm³/mol. The summed E-state index contributed by atoms with van der Waals surface area (Å²) in [5.74, 6) is 1.31. The van der Waals surface area contributed by atoms with Crippen molar-refractivity contribution in [3.8, 4) is 0 Å². The summed E-state index contributed by atoms with van der Waals surface area (Å²) in [5.41, 5.74) is 1.03. The highest BCUT2D eigenvalue weighted by molar-refractivity contribution is 5.79. The second-order valence-corrected chi connectivity index (χ2v) is 5.02. The van der Waals surface area contributed by atoms with Gasteiger partial charge in [-0.2, -0.15) is 0 Å². The minimum absolute atomic E-state index is 0.208. The Morgan fingerprint density at radius 2 is 1.89 bits per heavy atom. The van der Waals surface area contributed by atoms with E-state index >= 15 is 0 Å². The van der Waals surface area contributed by atoms with Crippen molar-refractivity contribution in [3.63, 3.8) is 0 Å². The fraction of sp³-hybridized carbons (Fsp3) is 0.533. The zero-order chi connectivity index (χ0) is 14.1. The number of halogens is 1. The van der Waals surface area contributed by atoms with Gasteiger partial charge in [0.1, 0.15) is 5.82 Å². The lowest BCUT2D eigenvalue weighted by Crippen LogP contribution is -2.37. The molecule has 0 saturated heterocycles. The van der Waals surface area contributed by atoms with Gasteiger partial charge in [0.15, 0.2) is 5.96 Å². The highest BCUT2D eigenvalue weighted by Crippen LogP contribution is 2.03. The van der Waals surface area contributed by atoms with Crippen LogP contribution in [0.4, 0.5) is 4.39 Å². The average Bonchev–Trinajstić information content (AvgIpc) is 2.39. The second-order valence-electron chi connectivity index (χ2n) is 5.02. The summed E-state index contributed by atoms with van der Waals surface area (Å²) < 4.78 is 12.8. The standard InChI is InChI=1S/C15H24FN3/c1-12(2)5-4-10-18-15(17-3)19-11-13-6-8-14(16)9-7-13/h6-9,12H,4-5,10-11H2,1-3H3,(H2,17,18,19). The van der Waals surface area contributed by atoms with Gasteiger partial charge in [-0.15, -0.1) is 0 Å². The minimum Gasteiger partial charge on any atom is -0.356 e. The SMILES string of the molecule is CN=C(NCCCC(C)C)NCc1ccc(F)cc1. The van der Waals surface area contributed by atoms with Crippen molar-refractivity contribution in [2.24, 2.45) is 10.9 Å². The largest absolute Gasteiger partial charge is 0.356 e. The molecule has 106 valence electrons. The summed E-state index contributed by atoms with van der Waals surface area (Å²) in [4.78, 5) is 4.16. The molecule has 0 aliphatic rings. The molecule has 0 unspecified atom stereocenters. The van der Waals surface area contributed by atoms with E-state index in [0.29, 0.717) is 6.54 Å². The molecule has 3 nitrogen and oxygen atoms in total. The molecular weight excluding hydrogens is 241 g/mol. The Kier molecular flexibility index (Phi) is 6.93. The summed E-state index contributed by atoms with van der Waals surface area (Å²) in [6.45, 7) is 6.01. The van der Waals surface area contributed by atoms with Gasteiger partial charge in [-0.25, -0.2) is 4.39 Å². The number of nitrogens with one attached hydrogen (secondary N) is 2. The first kappa shape index (κ1) is 15.5. The fourth-order valence-electron chi connectivity index (χ4n) is 1.73. The summed E-state index contributed by atoms with van der Waals surface area (Å²) >= 11 is 0. The third-order valence-corrected chi connectivity index (χ3v) is 2.85. The van der Waals surface area contributed by atoms with Gasteiger partial charge in [0, 0.05) is 20.1 Å². The smallest absolute Gasteiger partial charge is 0.191 e. The Hall–Kier alpha value is -1.58. The van der Waals surface area contributed by atoms with Crippen LogP contribution >= 0.6 is 0 Å². The lowest BCUT2D eigenvalue weighted by molar-refractivity contribution is 0.549. The van der Waals surface area contributed by atoms with Crippen molar-refractivity contribution in [3.05, 3.63) is 35.6 Å². The molecule has 0 fully saturated rings.